The topological polar surface area (TPSA) is 64.6 Å². The van der Waals surface area contributed by atoms with Crippen molar-refractivity contribution in [3.8, 4) is 5.75 Å². The summed E-state index contributed by atoms with van der Waals surface area (Å²) in [5.41, 5.74) is 1.60. The molecule has 2 aromatic carbocycles. The molecule has 1 amide bonds. The maximum atomic E-state index is 12.2. The number of carbonyl (C=O) groups excluding carboxylic acids is 2. The number of hydrogen-bond acceptors (Lipinski definition) is 4. The van der Waals surface area contributed by atoms with Crippen LogP contribution < -0.4 is 10.1 Å². The number of carbonyl (C=O) groups is 2. The van der Waals surface area contributed by atoms with Crippen LogP contribution in [0.4, 0.5) is 5.69 Å². The van der Waals surface area contributed by atoms with E-state index in [4.69, 9.17) is 9.47 Å². The van der Waals surface area contributed by atoms with Gasteiger partial charge in [-0.15, -0.1) is 0 Å². The van der Waals surface area contributed by atoms with Crippen LogP contribution in [0.1, 0.15) is 31.7 Å². The van der Waals surface area contributed by atoms with E-state index >= 15 is 0 Å². The van der Waals surface area contributed by atoms with Gasteiger partial charge in [-0.25, -0.2) is 0 Å². The Morgan fingerprint density at radius 3 is 2.32 bits per heavy atom. The van der Waals surface area contributed by atoms with Crippen LogP contribution in [-0.2, 0) is 14.3 Å². The molecule has 0 aliphatic rings. The minimum Gasteiger partial charge on any atom is -0.495 e. The lowest BCUT2D eigenvalue weighted by Gasteiger charge is -2.16. The Labute approximate surface area is 148 Å². The number of para-hydroxylation sites is 2. The van der Waals surface area contributed by atoms with Crippen LogP contribution in [0.2, 0.25) is 0 Å². The van der Waals surface area contributed by atoms with Crippen molar-refractivity contribution >= 4 is 17.6 Å². The highest BCUT2D eigenvalue weighted by atomic mass is 16.5. The summed E-state index contributed by atoms with van der Waals surface area (Å²) in [7, 11) is 1.53. The van der Waals surface area contributed by atoms with Crippen LogP contribution in [0.25, 0.3) is 0 Å². The molecule has 1 N–H and O–H groups in total. The van der Waals surface area contributed by atoms with Gasteiger partial charge in [0.15, 0.2) is 6.10 Å². The lowest BCUT2D eigenvalue weighted by Crippen LogP contribution is -2.30. The highest BCUT2D eigenvalue weighted by molar-refractivity contribution is 5.96. The van der Waals surface area contributed by atoms with Crippen molar-refractivity contribution in [2.24, 2.45) is 0 Å². The molecule has 0 aliphatic heterocycles. The van der Waals surface area contributed by atoms with Gasteiger partial charge >= 0.3 is 5.97 Å². The summed E-state index contributed by atoms with van der Waals surface area (Å²) in [4.78, 5) is 24.3. The van der Waals surface area contributed by atoms with Gasteiger partial charge in [-0.1, -0.05) is 49.4 Å². The first-order chi connectivity index (χ1) is 12.0. The summed E-state index contributed by atoms with van der Waals surface area (Å²) in [6.45, 7) is 3.51. The first-order valence-corrected chi connectivity index (χ1v) is 8.19. The van der Waals surface area contributed by atoms with Crippen molar-refractivity contribution < 1.29 is 19.1 Å². The maximum Gasteiger partial charge on any atom is 0.307 e. The van der Waals surface area contributed by atoms with E-state index < -0.39 is 18.0 Å². The average Bonchev–Trinajstić information content (AvgIpc) is 2.62. The molecule has 0 fully saturated rings. The summed E-state index contributed by atoms with van der Waals surface area (Å²) in [6, 6.07) is 16.8. The van der Waals surface area contributed by atoms with Gasteiger partial charge in [-0.2, -0.15) is 0 Å². The molecule has 132 valence electrons. The SMILES string of the molecule is COc1ccccc1NC(=O)C(C)OC(=O)CC(C)c1ccccc1. The Morgan fingerprint density at radius 1 is 1.00 bits per heavy atom. The quantitative estimate of drug-likeness (QED) is 0.779. The van der Waals surface area contributed by atoms with Crippen LogP contribution in [0.5, 0.6) is 5.75 Å². The van der Waals surface area contributed by atoms with Crippen molar-refractivity contribution in [1.29, 1.82) is 0 Å². The average molecular weight is 341 g/mol. The smallest absolute Gasteiger partial charge is 0.307 e. The number of esters is 1. The third-order valence-corrected chi connectivity index (χ3v) is 3.88. The molecule has 0 aliphatic carbocycles. The molecular weight excluding hydrogens is 318 g/mol. The lowest BCUT2D eigenvalue weighted by molar-refractivity contribution is -0.153. The molecule has 0 bridgehead atoms. The molecule has 0 saturated heterocycles. The van der Waals surface area contributed by atoms with Crippen molar-refractivity contribution in [1.82, 2.24) is 0 Å². The zero-order valence-electron chi connectivity index (χ0n) is 14.7. The fourth-order valence-corrected chi connectivity index (χ4v) is 2.43. The zero-order chi connectivity index (χ0) is 18.2. The number of anilines is 1. The van der Waals surface area contributed by atoms with E-state index in [-0.39, 0.29) is 12.3 Å². The molecule has 0 radical (unpaired) electrons. The van der Waals surface area contributed by atoms with Gasteiger partial charge in [-0.05, 0) is 30.5 Å². The van der Waals surface area contributed by atoms with Crippen LogP contribution in [0.3, 0.4) is 0 Å². The van der Waals surface area contributed by atoms with E-state index in [2.05, 4.69) is 5.32 Å². The fourth-order valence-electron chi connectivity index (χ4n) is 2.43. The Kier molecular flexibility index (Phi) is 6.57. The van der Waals surface area contributed by atoms with Gasteiger partial charge in [0.1, 0.15) is 5.75 Å². The second-order valence-corrected chi connectivity index (χ2v) is 5.84. The van der Waals surface area contributed by atoms with Crippen LogP contribution >= 0.6 is 0 Å². The largest absolute Gasteiger partial charge is 0.495 e. The van der Waals surface area contributed by atoms with E-state index in [1.807, 2.05) is 43.3 Å². The molecule has 2 atom stereocenters. The third-order valence-electron chi connectivity index (χ3n) is 3.88. The van der Waals surface area contributed by atoms with Crippen LogP contribution in [0.15, 0.2) is 54.6 Å². The summed E-state index contributed by atoms with van der Waals surface area (Å²) < 4.78 is 10.4. The predicted molar refractivity (Wildman–Crippen MR) is 96.7 cm³/mol. The summed E-state index contributed by atoms with van der Waals surface area (Å²) in [5, 5.41) is 2.71. The molecule has 0 aromatic heterocycles. The normalized spacial score (nSPS) is 12.8. The number of amides is 1. The summed E-state index contributed by atoms with van der Waals surface area (Å²) in [6.07, 6.45) is -0.670. The van der Waals surface area contributed by atoms with Gasteiger partial charge in [-0.3, -0.25) is 9.59 Å². The number of benzene rings is 2. The fraction of sp³-hybridized carbons (Fsp3) is 0.300. The van der Waals surface area contributed by atoms with E-state index in [0.29, 0.717) is 11.4 Å². The third kappa shape index (κ3) is 5.35. The van der Waals surface area contributed by atoms with Crippen molar-refractivity contribution in [3.63, 3.8) is 0 Å². The number of rotatable bonds is 7. The monoisotopic (exact) mass is 341 g/mol. The van der Waals surface area contributed by atoms with E-state index in [9.17, 15) is 9.59 Å². The molecule has 0 heterocycles. The predicted octanol–water partition coefficient (Wildman–Crippen LogP) is 3.76. The van der Waals surface area contributed by atoms with Gasteiger partial charge in [0.05, 0.1) is 19.2 Å². The summed E-state index contributed by atoms with van der Waals surface area (Å²) >= 11 is 0. The molecule has 2 rings (SSSR count). The molecule has 0 spiro atoms. The number of nitrogens with one attached hydrogen (secondary N) is 1. The van der Waals surface area contributed by atoms with E-state index in [1.54, 1.807) is 25.1 Å². The minimum absolute atomic E-state index is 0.0261. The Morgan fingerprint density at radius 2 is 1.64 bits per heavy atom. The lowest BCUT2D eigenvalue weighted by atomic mass is 9.98. The van der Waals surface area contributed by atoms with Gasteiger partial charge in [0, 0.05) is 0 Å². The molecule has 2 unspecified atom stereocenters. The van der Waals surface area contributed by atoms with Crippen molar-refractivity contribution in [3.05, 3.63) is 60.2 Å². The highest BCUT2D eigenvalue weighted by Gasteiger charge is 2.20. The zero-order valence-corrected chi connectivity index (χ0v) is 14.7. The summed E-state index contributed by atoms with van der Waals surface area (Å²) in [5.74, 6) is -0.227. The number of methoxy groups -OCH3 is 1. The molecule has 25 heavy (non-hydrogen) atoms. The van der Waals surface area contributed by atoms with Crippen molar-refractivity contribution in [2.45, 2.75) is 32.3 Å². The Balaban J connectivity index is 1.89. The van der Waals surface area contributed by atoms with Gasteiger partial charge < -0.3 is 14.8 Å². The second kappa shape index (κ2) is 8.87. The van der Waals surface area contributed by atoms with E-state index in [0.717, 1.165) is 5.56 Å². The first kappa shape index (κ1) is 18.5. The standard InChI is InChI=1S/C20H23NO4/c1-14(16-9-5-4-6-10-16)13-19(22)25-15(2)20(23)21-17-11-7-8-12-18(17)24-3/h4-12,14-15H,13H2,1-3H3,(H,21,23). The molecule has 2 aromatic rings. The number of ether oxygens (including phenoxy) is 2. The molecular formula is C20H23NO4. The van der Waals surface area contributed by atoms with Crippen LogP contribution in [-0.4, -0.2) is 25.1 Å². The van der Waals surface area contributed by atoms with E-state index in [1.165, 1.54) is 7.11 Å². The molecule has 0 saturated carbocycles. The van der Waals surface area contributed by atoms with Crippen LogP contribution in [0, 0.1) is 0 Å². The van der Waals surface area contributed by atoms with Gasteiger partial charge in [0.2, 0.25) is 0 Å². The van der Waals surface area contributed by atoms with Gasteiger partial charge in [0.25, 0.3) is 5.91 Å². The molecule has 5 nitrogen and oxygen atoms in total. The minimum atomic E-state index is -0.889. The first-order valence-electron chi connectivity index (χ1n) is 8.19. The Bertz CT molecular complexity index is 715. The maximum absolute atomic E-state index is 12.2. The Hall–Kier alpha value is -2.82. The van der Waals surface area contributed by atoms with Crippen molar-refractivity contribution in [2.75, 3.05) is 12.4 Å². The second-order valence-electron chi connectivity index (χ2n) is 5.84. The highest BCUT2D eigenvalue weighted by Crippen LogP contribution is 2.23. The molecule has 5 heteroatoms. The number of hydrogen-bond donors (Lipinski definition) is 1.